The van der Waals surface area contributed by atoms with E-state index in [1.54, 1.807) is 51.1 Å². The number of benzene rings is 3. The Morgan fingerprint density at radius 2 is 1.59 bits per heavy atom. The number of nitrogens with one attached hydrogen (secondary N) is 2. The number of rotatable bonds is 9. The average molecular weight is 529 g/mol. The number of hydrogen-bond acceptors (Lipinski definition) is 5. The number of anilines is 1. The zero-order chi connectivity index (χ0) is 28.6. The minimum atomic E-state index is -1.11. The van der Waals surface area contributed by atoms with Crippen LogP contribution >= 0.6 is 0 Å². The van der Waals surface area contributed by atoms with Gasteiger partial charge in [0.1, 0.15) is 24.2 Å². The van der Waals surface area contributed by atoms with E-state index in [0.717, 1.165) is 10.8 Å². The van der Waals surface area contributed by atoms with Crippen LogP contribution in [0.25, 0.3) is 10.8 Å². The lowest BCUT2D eigenvalue weighted by molar-refractivity contribution is -0.140. The van der Waals surface area contributed by atoms with Crippen LogP contribution in [0, 0.1) is 17.2 Å². The molecule has 2 N–H and O–H groups in total. The second kappa shape index (κ2) is 12.9. The van der Waals surface area contributed by atoms with Crippen LogP contribution in [0.5, 0.6) is 0 Å². The molecular formula is C31H36N4O4. The number of fused-ring (bicyclic) bond motifs is 1. The van der Waals surface area contributed by atoms with E-state index in [9.17, 15) is 19.6 Å². The zero-order valence-corrected chi connectivity index (χ0v) is 23.1. The number of hydrogen-bond donors (Lipinski definition) is 2. The molecule has 0 fully saturated rings. The van der Waals surface area contributed by atoms with Crippen LogP contribution in [0.2, 0.25) is 0 Å². The largest absolute Gasteiger partial charge is 0.444 e. The molecule has 0 radical (unpaired) electrons. The molecule has 0 saturated heterocycles. The third-order valence-electron chi connectivity index (χ3n) is 5.91. The Hall–Kier alpha value is -4.38. The second-order valence-corrected chi connectivity index (χ2v) is 10.8. The maximum Gasteiger partial charge on any atom is 0.408 e. The van der Waals surface area contributed by atoms with E-state index >= 15 is 0 Å². The number of ether oxygens (including phenoxy) is 1. The van der Waals surface area contributed by atoms with Gasteiger partial charge in [0.05, 0.1) is 6.07 Å². The average Bonchev–Trinajstić information content (AvgIpc) is 2.87. The Morgan fingerprint density at radius 3 is 2.21 bits per heavy atom. The maximum atomic E-state index is 13.9. The summed E-state index contributed by atoms with van der Waals surface area (Å²) in [6, 6.07) is 22.1. The summed E-state index contributed by atoms with van der Waals surface area (Å²) in [5, 5.41) is 17.3. The van der Waals surface area contributed by atoms with Gasteiger partial charge in [0.25, 0.3) is 5.91 Å². The SMILES string of the molecule is CC(C)CC(NC(=O)OC(C)(C)C)C(=O)N(CC#N)C(C(=O)Nc1ccc2ccccc2c1)c1ccccc1. The third-order valence-corrected chi connectivity index (χ3v) is 5.91. The Kier molecular flexibility index (Phi) is 9.67. The summed E-state index contributed by atoms with van der Waals surface area (Å²) < 4.78 is 5.38. The fourth-order valence-electron chi connectivity index (χ4n) is 4.30. The molecule has 0 aliphatic rings. The monoisotopic (exact) mass is 528 g/mol. The van der Waals surface area contributed by atoms with Gasteiger partial charge >= 0.3 is 6.09 Å². The van der Waals surface area contributed by atoms with Gasteiger partial charge in [-0.3, -0.25) is 9.59 Å². The van der Waals surface area contributed by atoms with Crippen LogP contribution < -0.4 is 10.6 Å². The highest BCUT2D eigenvalue weighted by Crippen LogP contribution is 2.26. The highest BCUT2D eigenvalue weighted by molar-refractivity contribution is 6.00. The van der Waals surface area contributed by atoms with Crippen molar-refractivity contribution in [2.24, 2.45) is 5.92 Å². The first-order valence-electron chi connectivity index (χ1n) is 13.0. The summed E-state index contributed by atoms with van der Waals surface area (Å²) in [6.45, 7) is 8.69. The van der Waals surface area contributed by atoms with E-state index in [-0.39, 0.29) is 12.5 Å². The van der Waals surface area contributed by atoms with Gasteiger partial charge in [-0.25, -0.2) is 4.79 Å². The normalized spacial score (nSPS) is 12.7. The molecule has 0 aromatic heterocycles. The molecule has 204 valence electrons. The standard InChI is InChI=1S/C31H36N4O4/c1-21(2)19-26(34-30(38)39-31(3,4)5)29(37)35(18-17-32)27(23-12-7-6-8-13-23)28(36)33-25-16-15-22-11-9-10-14-24(22)20-25/h6-16,20-21,26-27H,18-19H2,1-5H3,(H,33,36)(H,34,38). The Bertz CT molecular complexity index is 1340. The first-order valence-corrected chi connectivity index (χ1v) is 13.0. The summed E-state index contributed by atoms with van der Waals surface area (Å²) in [5.74, 6) is -0.973. The first kappa shape index (κ1) is 29.2. The van der Waals surface area contributed by atoms with Crippen molar-refractivity contribution in [3.8, 4) is 6.07 Å². The van der Waals surface area contributed by atoms with E-state index < -0.39 is 35.6 Å². The van der Waals surface area contributed by atoms with E-state index in [1.807, 2.05) is 62.4 Å². The fourth-order valence-corrected chi connectivity index (χ4v) is 4.30. The van der Waals surface area contributed by atoms with Crippen molar-refractivity contribution in [2.45, 2.75) is 58.7 Å². The number of carbonyl (C=O) groups is 3. The minimum absolute atomic E-state index is 0.0411. The van der Waals surface area contributed by atoms with Gasteiger partial charge in [-0.05, 0) is 61.6 Å². The van der Waals surface area contributed by atoms with E-state index in [2.05, 4.69) is 10.6 Å². The molecule has 2 atom stereocenters. The smallest absolute Gasteiger partial charge is 0.408 e. The highest BCUT2D eigenvalue weighted by atomic mass is 16.6. The van der Waals surface area contributed by atoms with E-state index in [0.29, 0.717) is 17.7 Å². The number of alkyl carbamates (subject to hydrolysis) is 1. The van der Waals surface area contributed by atoms with Crippen LogP contribution in [-0.2, 0) is 14.3 Å². The van der Waals surface area contributed by atoms with Crippen molar-refractivity contribution in [1.82, 2.24) is 10.2 Å². The predicted octanol–water partition coefficient (Wildman–Crippen LogP) is 5.81. The molecule has 39 heavy (non-hydrogen) atoms. The van der Waals surface area contributed by atoms with Crippen molar-refractivity contribution < 1.29 is 19.1 Å². The topological polar surface area (TPSA) is 112 Å². The Balaban J connectivity index is 1.97. The van der Waals surface area contributed by atoms with Crippen molar-refractivity contribution in [2.75, 3.05) is 11.9 Å². The highest BCUT2D eigenvalue weighted by Gasteiger charge is 2.36. The first-order chi connectivity index (χ1) is 18.5. The molecule has 2 unspecified atom stereocenters. The third kappa shape index (κ3) is 8.30. The molecule has 8 nitrogen and oxygen atoms in total. The molecule has 3 aromatic carbocycles. The van der Waals surface area contributed by atoms with Gasteiger partial charge in [-0.1, -0.05) is 74.5 Å². The molecule has 3 amide bonds. The fraction of sp³-hybridized carbons (Fsp3) is 0.355. The lowest BCUT2D eigenvalue weighted by atomic mass is 9.99. The van der Waals surface area contributed by atoms with Crippen LogP contribution in [0.15, 0.2) is 72.8 Å². The van der Waals surface area contributed by atoms with Gasteiger partial charge in [-0.2, -0.15) is 5.26 Å². The molecule has 3 aromatic rings. The van der Waals surface area contributed by atoms with Crippen molar-refractivity contribution in [1.29, 1.82) is 5.26 Å². The Labute approximate surface area is 229 Å². The van der Waals surface area contributed by atoms with Gasteiger partial charge in [0, 0.05) is 5.69 Å². The van der Waals surface area contributed by atoms with Crippen LogP contribution in [0.1, 0.15) is 52.6 Å². The summed E-state index contributed by atoms with van der Waals surface area (Å²) >= 11 is 0. The molecule has 0 aliphatic heterocycles. The molecule has 3 rings (SSSR count). The van der Waals surface area contributed by atoms with Gasteiger partial charge < -0.3 is 20.3 Å². The van der Waals surface area contributed by atoms with E-state index in [1.165, 1.54) is 4.90 Å². The molecule has 0 aliphatic carbocycles. The predicted molar refractivity (Wildman–Crippen MR) is 152 cm³/mol. The zero-order valence-electron chi connectivity index (χ0n) is 23.1. The summed E-state index contributed by atoms with van der Waals surface area (Å²) in [4.78, 5) is 41.6. The maximum absolute atomic E-state index is 13.9. The Morgan fingerprint density at radius 1 is 0.949 bits per heavy atom. The summed E-state index contributed by atoms with van der Waals surface area (Å²) in [5.41, 5.74) is 0.350. The number of carbonyl (C=O) groups excluding carboxylic acids is 3. The minimum Gasteiger partial charge on any atom is -0.444 e. The van der Waals surface area contributed by atoms with Crippen molar-refractivity contribution in [3.63, 3.8) is 0 Å². The molecule has 0 bridgehead atoms. The second-order valence-electron chi connectivity index (χ2n) is 10.8. The molecular weight excluding hydrogens is 492 g/mol. The lowest BCUT2D eigenvalue weighted by Gasteiger charge is -2.33. The van der Waals surface area contributed by atoms with Gasteiger partial charge in [0.2, 0.25) is 5.91 Å². The van der Waals surface area contributed by atoms with Gasteiger partial charge in [-0.15, -0.1) is 0 Å². The van der Waals surface area contributed by atoms with Crippen molar-refractivity contribution >= 4 is 34.4 Å². The van der Waals surface area contributed by atoms with Gasteiger partial charge in [0.15, 0.2) is 0 Å². The lowest BCUT2D eigenvalue weighted by Crippen LogP contribution is -2.52. The molecule has 0 spiro atoms. The van der Waals surface area contributed by atoms with Crippen LogP contribution in [-0.4, -0.2) is 41.0 Å². The molecule has 0 saturated carbocycles. The molecule has 8 heteroatoms. The van der Waals surface area contributed by atoms with Crippen LogP contribution in [0.4, 0.5) is 10.5 Å². The quantitative estimate of drug-likeness (QED) is 0.340. The van der Waals surface area contributed by atoms with E-state index in [4.69, 9.17) is 4.74 Å². The molecule has 0 heterocycles. The summed E-state index contributed by atoms with van der Waals surface area (Å²) in [6.07, 6.45) is -0.441. The number of amides is 3. The summed E-state index contributed by atoms with van der Waals surface area (Å²) in [7, 11) is 0. The number of nitrogens with zero attached hydrogens (tertiary/aromatic N) is 2. The van der Waals surface area contributed by atoms with Crippen molar-refractivity contribution in [3.05, 3.63) is 78.4 Å². The van der Waals surface area contributed by atoms with Crippen LogP contribution in [0.3, 0.4) is 0 Å². The number of nitriles is 1.